The van der Waals surface area contributed by atoms with E-state index in [1.807, 2.05) is 6.07 Å². The molecule has 35 heavy (non-hydrogen) atoms. The number of carbonyl (C=O) groups is 1. The third-order valence-corrected chi connectivity index (χ3v) is 5.68. The number of ether oxygens (including phenoxy) is 2. The zero-order valence-corrected chi connectivity index (χ0v) is 22.3. The first-order valence-corrected chi connectivity index (χ1v) is 11.9. The number of alkyl halides is 6. The molecule has 0 saturated carbocycles. The van der Waals surface area contributed by atoms with Crippen molar-refractivity contribution in [2.24, 2.45) is 5.16 Å². The molecule has 192 valence electrons. The number of esters is 1. The predicted octanol–water partition coefficient (Wildman–Crippen LogP) is 6.89. The van der Waals surface area contributed by atoms with Crippen LogP contribution in [0.1, 0.15) is 24.2 Å². The van der Waals surface area contributed by atoms with Gasteiger partial charge in [-0.15, -0.1) is 4.33 Å². The number of halogens is 8. The number of oxime groups is 1. The Balaban J connectivity index is 2.07. The van der Waals surface area contributed by atoms with Gasteiger partial charge in [-0.3, -0.25) is 0 Å². The minimum absolute atomic E-state index is 0.114. The smallest absolute Gasteiger partial charge is 0.471 e. The van der Waals surface area contributed by atoms with E-state index in [9.17, 15) is 31.1 Å². The Morgan fingerprint density at radius 3 is 2.20 bits per heavy atom. The molecule has 0 N–H and O–H groups in total. The van der Waals surface area contributed by atoms with Crippen LogP contribution >= 0.6 is 57.2 Å². The average molecular weight is 751 g/mol. The molecule has 0 fully saturated rings. The van der Waals surface area contributed by atoms with Crippen molar-refractivity contribution in [1.29, 1.82) is 0 Å². The van der Waals surface area contributed by atoms with Gasteiger partial charge in [0.1, 0.15) is 23.9 Å². The number of benzene rings is 2. The van der Waals surface area contributed by atoms with E-state index in [1.165, 1.54) is 0 Å². The minimum Gasteiger partial charge on any atom is -0.480 e. The summed E-state index contributed by atoms with van der Waals surface area (Å²) in [7, 11) is 0. The van der Waals surface area contributed by atoms with Gasteiger partial charge in [0.15, 0.2) is 12.3 Å². The van der Waals surface area contributed by atoms with Crippen LogP contribution in [0.5, 0.6) is 5.75 Å². The lowest BCUT2D eigenvalue weighted by Gasteiger charge is -2.16. The second kappa shape index (κ2) is 13.2. The molecule has 1 atom stereocenters. The Morgan fingerprint density at radius 1 is 1.06 bits per heavy atom. The monoisotopic (exact) mass is 751 g/mol. The zero-order valence-electron chi connectivity index (χ0n) is 17.2. The van der Waals surface area contributed by atoms with Crippen LogP contribution in [0.2, 0.25) is 0 Å². The summed E-state index contributed by atoms with van der Waals surface area (Å²) in [6.07, 6.45) is -5.61. The lowest BCUT2D eigenvalue weighted by molar-refractivity contribution is -0.464. The van der Waals surface area contributed by atoms with Crippen LogP contribution in [0.25, 0.3) is 0 Å². The van der Waals surface area contributed by atoms with E-state index in [4.69, 9.17) is 9.47 Å². The Kier molecular flexibility index (Phi) is 11.2. The molecule has 0 aliphatic rings. The van der Waals surface area contributed by atoms with Crippen molar-refractivity contribution in [3.8, 4) is 5.75 Å². The molecule has 2 aromatic carbocycles. The van der Waals surface area contributed by atoms with Crippen molar-refractivity contribution in [2.75, 3.05) is 6.61 Å². The Bertz CT molecular complexity index is 1020. The molecule has 0 aliphatic carbocycles. The fraction of sp³-hybridized carbons (Fsp3) is 0.263. The van der Waals surface area contributed by atoms with Crippen LogP contribution < -0.4 is 4.74 Å². The van der Waals surface area contributed by atoms with Gasteiger partial charge in [0.05, 0.1) is 7.14 Å². The SMILES string of the molecule is CC(OC(=O)COc1c(I)cc(/C(=N/OOOSC(F)(F)F)C(F)(F)F)cc1I)c1ccccc1. The van der Waals surface area contributed by atoms with E-state index in [0.717, 1.165) is 17.7 Å². The number of hydrogen-bond donors (Lipinski definition) is 0. The van der Waals surface area contributed by atoms with Crippen LogP contribution in [0.4, 0.5) is 26.3 Å². The zero-order chi connectivity index (χ0) is 26.2. The molecular weight excluding hydrogens is 738 g/mol. The Hall–Kier alpha value is -1.51. The van der Waals surface area contributed by atoms with E-state index in [1.54, 1.807) is 76.4 Å². The predicted molar refractivity (Wildman–Crippen MR) is 128 cm³/mol. The maximum atomic E-state index is 13.4. The lowest BCUT2D eigenvalue weighted by Crippen LogP contribution is -2.25. The second-order valence-corrected chi connectivity index (χ2v) is 9.37. The molecule has 0 spiro atoms. The first-order chi connectivity index (χ1) is 16.3. The van der Waals surface area contributed by atoms with Crippen LogP contribution in [0.3, 0.4) is 0 Å². The van der Waals surface area contributed by atoms with Crippen molar-refractivity contribution in [3.63, 3.8) is 0 Å². The number of nitrogens with zero attached hydrogens (tertiary/aromatic N) is 1. The molecule has 2 aromatic rings. The second-order valence-electron chi connectivity index (χ2n) is 6.28. The van der Waals surface area contributed by atoms with Gasteiger partial charge in [-0.25, -0.2) is 4.79 Å². The van der Waals surface area contributed by atoms with Crippen molar-refractivity contribution < 1.29 is 55.0 Å². The van der Waals surface area contributed by atoms with Gasteiger partial charge in [0, 0.05) is 10.6 Å². The van der Waals surface area contributed by atoms with Crippen molar-refractivity contribution in [1.82, 2.24) is 0 Å². The Labute approximate surface area is 225 Å². The molecular formula is C19H13F6I2NO6S. The molecule has 1 unspecified atom stereocenters. The maximum Gasteiger partial charge on any atom is 0.471 e. The van der Waals surface area contributed by atoms with Gasteiger partial charge in [0.2, 0.25) is 0 Å². The van der Waals surface area contributed by atoms with E-state index < -0.39 is 53.7 Å². The molecule has 0 amide bonds. The first-order valence-electron chi connectivity index (χ1n) is 9.04. The van der Waals surface area contributed by atoms with Crippen LogP contribution in [-0.4, -0.2) is 30.0 Å². The highest BCUT2D eigenvalue weighted by Crippen LogP contribution is 2.33. The van der Waals surface area contributed by atoms with Crippen LogP contribution in [0.15, 0.2) is 47.6 Å². The van der Waals surface area contributed by atoms with Crippen LogP contribution in [-0.2, 0) is 23.9 Å². The molecule has 0 heterocycles. The van der Waals surface area contributed by atoms with E-state index in [2.05, 4.69) is 19.5 Å². The van der Waals surface area contributed by atoms with Gasteiger partial charge in [-0.1, -0.05) is 30.3 Å². The summed E-state index contributed by atoms with van der Waals surface area (Å²) < 4.78 is 90.5. The van der Waals surface area contributed by atoms with E-state index in [-0.39, 0.29) is 12.9 Å². The minimum atomic E-state index is -5.06. The summed E-state index contributed by atoms with van der Waals surface area (Å²) in [4.78, 5) is 15.9. The molecule has 16 heteroatoms. The molecule has 0 aromatic heterocycles. The average Bonchev–Trinajstić information content (AvgIpc) is 2.74. The van der Waals surface area contributed by atoms with E-state index >= 15 is 0 Å². The van der Waals surface area contributed by atoms with Gasteiger partial charge in [-0.05, 0) is 75.0 Å². The van der Waals surface area contributed by atoms with Gasteiger partial charge in [-0.2, -0.15) is 31.3 Å². The maximum absolute atomic E-state index is 13.4. The Morgan fingerprint density at radius 2 is 1.66 bits per heavy atom. The molecule has 2 rings (SSSR count). The summed E-state index contributed by atoms with van der Waals surface area (Å²) >= 11 is 2.22. The topological polar surface area (TPSA) is 75.6 Å². The number of rotatable bonds is 10. The molecule has 0 radical (unpaired) electrons. The summed E-state index contributed by atoms with van der Waals surface area (Å²) in [6.45, 7) is 1.17. The summed E-state index contributed by atoms with van der Waals surface area (Å²) in [5.74, 6) is -0.584. The standard InChI is InChI=1S/C19H13F6I2NO6S/c1-10(11-5-3-2-4-6-11)31-15(29)9-30-16-13(26)7-12(8-14(16)27)17(18(20,21)22)28-32-33-34-35-19(23,24)25/h2-8,10H,9H2,1H3/b28-17-. The molecule has 0 bridgehead atoms. The largest absolute Gasteiger partial charge is 0.480 e. The van der Waals surface area contributed by atoms with E-state index in [0.29, 0.717) is 0 Å². The third kappa shape index (κ3) is 10.2. The first kappa shape index (κ1) is 29.7. The summed E-state index contributed by atoms with van der Waals surface area (Å²) in [5.41, 5.74) is -6.22. The van der Waals surface area contributed by atoms with Crippen LogP contribution in [0, 0.1) is 7.14 Å². The van der Waals surface area contributed by atoms with Crippen molar-refractivity contribution >= 4 is 68.9 Å². The number of carbonyl (C=O) groups excluding carboxylic acids is 1. The van der Waals surface area contributed by atoms with Gasteiger partial charge < -0.3 is 9.47 Å². The highest BCUT2D eigenvalue weighted by Gasteiger charge is 2.39. The van der Waals surface area contributed by atoms with Gasteiger partial charge >= 0.3 is 17.7 Å². The lowest BCUT2D eigenvalue weighted by atomic mass is 10.1. The molecule has 0 aliphatic heterocycles. The third-order valence-electron chi connectivity index (χ3n) is 3.77. The van der Waals surface area contributed by atoms with Gasteiger partial charge in [0.25, 0.3) is 0 Å². The van der Waals surface area contributed by atoms with Crippen molar-refractivity contribution in [3.05, 3.63) is 60.7 Å². The summed E-state index contributed by atoms with van der Waals surface area (Å²) in [6, 6.07) is 11.0. The normalized spacial score (nSPS) is 13.3. The fourth-order valence-electron chi connectivity index (χ4n) is 2.37. The highest BCUT2D eigenvalue weighted by molar-refractivity contribution is 14.1. The van der Waals surface area contributed by atoms with Crippen molar-refractivity contribution in [2.45, 2.75) is 24.7 Å². The number of hydrogen-bond acceptors (Lipinski definition) is 8. The molecule has 0 saturated heterocycles. The molecule has 7 nitrogen and oxygen atoms in total. The fourth-order valence-corrected chi connectivity index (χ4v) is 4.58. The quantitative estimate of drug-likeness (QED) is 0.0383. The highest BCUT2D eigenvalue weighted by atomic mass is 127. The summed E-state index contributed by atoms with van der Waals surface area (Å²) in [5, 5.41) is 6.22.